The fourth-order valence-electron chi connectivity index (χ4n) is 3.90. The number of benzene rings is 1. The number of likely N-dealkylation sites (tertiary alicyclic amines) is 1. The second-order valence-corrected chi connectivity index (χ2v) is 6.86. The van der Waals surface area contributed by atoms with Crippen LogP contribution in [0, 0.1) is 0 Å². The first-order valence-corrected chi connectivity index (χ1v) is 9.13. The Morgan fingerprint density at radius 1 is 1.19 bits per heavy atom. The maximum atomic E-state index is 13.1. The number of fused-ring (bicyclic) bond motifs is 1. The summed E-state index contributed by atoms with van der Waals surface area (Å²) < 4.78 is 12.6. The molecule has 0 radical (unpaired) electrons. The van der Waals surface area contributed by atoms with Gasteiger partial charge in [0.25, 0.3) is 5.56 Å². The van der Waals surface area contributed by atoms with Gasteiger partial charge < -0.3 is 14.4 Å². The van der Waals surface area contributed by atoms with Crippen molar-refractivity contribution in [2.45, 2.75) is 38.0 Å². The highest BCUT2D eigenvalue weighted by Gasteiger charge is 2.36. The van der Waals surface area contributed by atoms with Crippen LogP contribution < -0.4 is 5.56 Å². The van der Waals surface area contributed by atoms with E-state index in [0.717, 1.165) is 24.6 Å². The van der Waals surface area contributed by atoms with Gasteiger partial charge in [-0.3, -0.25) is 9.59 Å². The van der Waals surface area contributed by atoms with Gasteiger partial charge in [-0.05, 0) is 25.3 Å². The molecule has 0 spiro atoms. The van der Waals surface area contributed by atoms with Crippen molar-refractivity contribution in [3.63, 3.8) is 0 Å². The van der Waals surface area contributed by atoms with Crippen LogP contribution in [0.1, 0.15) is 25.0 Å². The topological polar surface area (TPSA) is 73.7 Å². The lowest BCUT2D eigenvalue weighted by Gasteiger charge is -2.38. The molecule has 0 bridgehead atoms. The van der Waals surface area contributed by atoms with Crippen LogP contribution in [-0.4, -0.2) is 52.7 Å². The standard InChI is InChI=1S/C19H23N3O4/c1-21-18(24)14-7-3-2-6-13(14)15(20-21)12-17(23)22-9-5-4-8-16(22)19-25-10-11-26-19/h2-3,6-7,16,19H,4-5,8-12H2,1H3. The Kier molecular flexibility index (Phi) is 4.74. The Morgan fingerprint density at radius 2 is 1.92 bits per heavy atom. The molecule has 2 saturated heterocycles. The fraction of sp³-hybridized carbons (Fsp3) is 0.526. The normalized spacial score (nSPS) is 21.4. The summed E-state index contributed by atoms with van der Waals surface area (Å²) in [5.74, 6) is 0.00472. The molecule has 1 amide bonds. The average Bonchev–Trinajstić information content (AvgIpc) is 3.20. The predicted molar refractivity (Wildman–Crippen MR) is 95.7 cm³/mol. The number of hydrogen-bond acceptors (Lipinski definition) is 5. The van der Waals surface area contributed by atoms with Crippen molar-refractivity contribution in [2.24, 2.45) is 7.05 Å². The highest BCUT2D eigenvalue weighted by atomic mass is 16.7. The van der Waals surface area contributed by atoms with Gasteiger partial charge in [0.05, 0.1) is 36.8 Å². The van der Waals surface area contributed by atoms with Crippen LogP contribution in [0.4, 0.5) is 0 Å². The van der Waals surface area contributed by atoms with E-state index in [0.29, 0.717) is 30.8 Å². The first-order chi connectivity index (χ1) is 12.6. The number of hydrogen-bond donors (Lipinski definition) is 0. The zero-order valence-electron chi connectivity index (χ0n) is 14.9. The van der Waals surface area contributed by atoms with Gasteiger partial charge >= 0.3 is 0 Å². The van der Waals surface area contributed by atoms with Gasteiger partial charge in [0.1, 0.15) is 0 Å². The highest BCUT2D eigenvalue weighted by molar-refractivity contribution is 5.88. The van der Waals surface area contributed by atoms with E-state index in [1.807, 2.05) is 23.1 Å². The molecule has 7 nitrogen and oxygen atoms in total. The first-order valence-electron chi connectivity index (χ1n) is 9.13. The van der Waals surface area contributed by atoms with Crippen LogP contribution in [-0.2, 0) is 27.7 Å². The first kappa shape index (κ1) is 17.2. The van der Waals surface area contributed by atoms with E-state index in [1.54, 1.807) is 13.1 Å². The monoisotopic (exact) mass is 357 g/mol. The van der Waals surface area contributed by atoms with Crippen molar-refractivity contribution in [3.05, 3.63) is 40.3 Å². The number of carbonyl (C=O) groups excluding carboxylic acids is 1. The van der Waals surface area contributed by atoms with Gasteiger partial charge in [-0.15, -0.1) is 0 Å². The lowest BCUT2D eigenvalue weighted by Crippen LogP contribution is -2.50. The quantitative estimate of drug-likeness (QED) is 0.826. The molecule has 1 aromatic heterocycles. The maximum Gasteiger partial charge on any atom is 0.274 e. The van der Waals surface area contributed by atoms with Gasteiger partial charge in [0.2, 0.25) is 5.91 Å². The number of nitrogens with zero attached hydrogens (tertiary/aromatic N) is 3. The summed E-state index contributed by atoms with van der Waals surface area (Å²) in [4.78, 5) is 27.2. The van der Waals surface area contributed by atoms with Gasteiger partial charge in [-0.25, -0.2) is 4.68 Å². The molecule has 1 unspecified atom stereocenters. The molecule has 0 saturated carbocycles. The summed E-state index contributed by atoms with van der Waals surface area (Å²) >= 11 is 0. The molecule has 7 heteroatoms. The molecule has 26 heavy (non-hydrogen) atoms. The van der Waals surface area contributed by atoms with E-state index < -0.39 is 0 Å². The van der Waals surface area contributed by atoms with Crippen LogP contribution in [0.2, 0.25) is 0 Å². The number of aromatic nitrogens is 2. The SMILES string of the molecule is Cn1nc(CC(=O)N2CCCCC2C2OCCO2)c2ccccc2c1=O. The number of aryl methyl sites for hydroxylation is 1. The number of amides is 1. The molecule has 2 aromatic rings. The molecule has 1 aromatic carbocycles. The van der Waals surface area contributed by atoms with Crippen LogP contribution in [0.15, 0.2) is 29.1 Å². The summed E-state index contributed by atoms with van der Waals surface area (Å²) in [7, 11) is 1.62. The number of carbonyl (C=O) groups is 1. The minimum Gasteiger partial charge on any atom is -0.348 e. The van der Waals surface area contributed by atoms with Crippen LogP contribution in [0.25, 0.3) is 10.8 Å². The van der Waals surface area contributed by atoms with E-state index in [4.69, 9.17) is 9.47 Å². The predicted octanol–water partition coefficient (Wildman–Crippen LogP) is 1.23. The lowest BCUT2D eigenvalue weighted by molar-refractivity contribution is -0.150. The van der Waals surface area contributed by atoms with Gasteiger partial charge in [-0.1, -0.05) is 18.2 Å². The van der Waals surface area contributed by atoms with Crippen molar-refractivity contribution in [3.8, 4) is 0 Å². The van der Waals surface area contributed by atoms with Crippen molar-refractivity contribution >= 4 is 16.7 Å². The van der Waals surface area contributed by atoms with Crippen molar-refractivity contribution in [1.29, 1.82) is 0 Å². The van der Waals surface area contributed by atoms with E-state index in [1.165, 1.54) is 4.68 Å². The largest absolute Gasteiger partial charge is 0.348 e. The number of piperidine rings is 1. The third-order valence-corrected chi connectivity index (χ3v) is 5.18. The Labute approximate surface area is 151 Å². The van der Waals surface area contributed by atoms with Crippen LogP contribution in [0.5, 0.6) is 0 Å². The van der Waals surface area contributed by atoms with Crippen LogP contribution in [0.3, 0.4) is 0 Å². The van der Waals surface area contributed by atoms with Crippen molar-refractivity contribution in [1.82, 2.24) is 14.7 Å². The molecule has 1 atom stereocenters. The molecule has 0 aliphatic carbocycles. The Morgan fingerprint density at radius 3 is 2.69 bits per heavy atom. The molecular formula is C19H23N3O4. The Balaban J connectivity index is 1.62. The second-order valence-electron chi connectivity index (χ2n) is 6.86. The summed E-state index contributed by atoms with van der Waals surface area (Å²) in [5, 5.41) is 5.68. The number of rotatable bonds is 3. The zero-order chi connectivity index (χ0) is 18.1. The average molecular weight is 357 g/mol. The highest BCUT2D eigenvalue weighted by Crippen LogP contribution is 2.25. The van der Waals surface area contributed by atoms with Crippen molar-refractivity contribution in [2.75, 3.05) is 19.8 Å². The molecule has 2 fully saturated rings. The van der Waals surface area contributed by atoms with E-state index >= 15 is 0 Å². The molecule has 2 aliphatic rings. The maximum absolute atomic E-state index is 13.1. The minimum atomic E-state index is -0.330. The summed E-state index contributed by atoms with van der Waals surface area (Å²) in [6, 6.07) is 7.27. The van der Waals surface area contributed by atoms with Gasteiger partial charge in [0.15, 0.2) is 6.29 Å². The van der Waals surface area contributed by atoms with E-state index in [-0.39, 0.29) is 30.2 Å². The molecule has 138 valence electrons. The minimum absolute atomic E-state index is 0.00472. The van der Waals surface area contributed by atoms with Crippen LogP contribution >= 0.6 is 0 Å². The van der Waals surface area contributed by atoms with E-state index in [9.17, 15) is 9.59 Å². The molecule has 4 rings (SSSR count). The Hall–Kier alpha value is -2.25. The fourth-order valence-corrected chi connectivity index (χ4v) is 3.90. The molecule has 2 aliphatic heterocycles. The summed E-state index contributed by atoms with van der Waals surface area (Å²) in [6.45, 7) is 1.86. The lowest BCUT2D eigenvalue weighted by atomic mass is 10.00. The molecule has 3 heterocycles. The second kappa shape index (κ2) is 7.17. The van der Waals surface area contributed by atoms with Gasteiger partial charge in [-0.2, -0.15) is 5.10 Å². The summed E-state index contributed by atoms with van der Waals surface area (Å²) in [5.41, 5.74) is 0.477. The van der Waals surface area contributed by atoms with Gasteiger partial charge in [0, 0.05) is 19.0 Å². The van der Waals surface area contributed by atoms with Crippen molar-refractivity contribution < 1.29 is 14.3 Å². The Bertz CT molecular complexity index is 873. The summed E-state index contributed by atoms with van der Waals surface area (Å²) in [6.07, 6.45) is 2.77. The molecule has 0 N–H and O–H groups in total. The molecular weight excluding hydrogens is 334 g/mol. The number of ether oxygens (including phenoxy) is 2. The van der Waals surface area contributed by atoms with E-state index in [2.05, 4.69) is 5.10 Å². The zero-order valence-corrected chi connectivity index (χ0v) is 14.9. The third kappa shape index (κ3) is 3.12. The smallest absolute Gasteiger partial charge is 0.274 e. The third-order valence-electron chi connectivity index (χ3n) is 5.18.